The number of ether oxygens (including phenoxy) is 1. The average Bonchev–Trinajstić information content (AvgIpc) is 2.54. The van der Waals surface area contributed by atoms with E-state index in [1.807, 2.05) is 0 Å². The molecule has 126 valence electrons. The zero-order chi connectivity index (χ0) is 17.7. The van der Waals surface area contributed by atoms with Gasteiger partial charge in [0.15, 0.2) is 12.4 Å². The summed E-state index contributed by atoms with van der Waals surface area (Å²) in [4.78, 5) is 3.81. The van der Waals surface area contributed by atoms with E-state index in [0.29, 0.717) is 29.2 Å². The number of rotatable bonds is 5. The van der Waals surface area contributed by atoms with E-state index in [4.69, 9.17) is 0 Å². The van der Waals surface area contributed by atoms with Crippen molar-refractivity contribution in [3.63, 3.8) is 0 Å². The summed E-state index contributed by atoms with van der Waals surface area (Å²) in [6.07, 6.45) is -3.02. The molecule has 0 fully saturated rings. The Hall–Kier alpha value is -2.89. The molecular formula is C15H14F3N5O. The second-order valence-corrected chi connectivity index (χ2v) is 5.01. The molecule has 0 saturated heterocycles. The van der Waals surface area contributed by atoms with Gasteiger partial charge in [0.25, 0.3) is 0 Å². The van der Waals surface area contributed by atoms with Crippen LogP contribution in [0.4, 0.5) is 19.0 Å². The number of aryl methyl sites for hydroxylation is 1. The minimum atomic E-state index is -4.41. The molecule has 9 heteroatoms. The van der Waals surface area contributed by atoms with Crippen LogP contribution in [-0.2, 0) is 6.54 Å². The fraction of sp³-hybridized carbons (Fsp3) is 0.333. The van der Waals surface area contributed by atoms with E-state index in [2.05, 4.69) is 31.3 Å². The molecule has 0 aliphatic carbocycles. The van der Waals surface area contributed by atoms with E-state index in [1.54, 1.807) is 19.9 Å². The summed E-state index contributed by atoms with van der Waals surface area (Å²) in [6.45, 7) is 2.44. The van der Waals surface area contributed by atoms with E-state index in [1.165, 1.54) is 12.3 Å². The van der Waals surface area contributed by atoms with Gasteiger partial charge in [-0.2, -0.15) is 23.5 Å². The van der Waals surface area contributed by atoms with Gasteiger partial charge in [0, 0.05) is 18.8 Å². The van der Waals surface area contributed by atoms with Gasteiger partial charge in [-0.05, 0) is 25.0 Å². The third-order valence-corrected chi connectivity index (χ3v) is 3.21. The molecule has 2 aromatic rings. The number of nitrogens with zero attached hydrogens (tertiary/aromatic N) is 4. The summed E-state index contributed by atoms with van der Waals surface area (Å²) in [7, 11) is 0. The highest BCUT2D eigenvalue weighted by atomic mass is 19.4. The number of nitriles is 1. The molecule has 0 amide bonds. The van der Waals surface area contributed by atoms with Crippen LogP contribution >= 0.6 is 0 Å². The van der Waals surface area contributed by atoms with Crippen molar-refractivity contribution < 1.29 is 17.9 Å². The maximum absolute atomic E-state index is 12.1. The van der Waals surface area contributed by atoms with Crippen LogP contribution in [-0.4, -0.2) is 28.0 Å². The highest BCUT2D eigenvalue weighted by Gasteiger charge is 2.28. The van der Waals surface area contributed by atoms with E-state index in [-0.39, 0.29) is 5.88 Å². The summed E-state index contributed by atoms with van der Waals surface area (Å²) in [5.41, 5.74) is 2.51. The fourth-order valence-corrected chi connectivity index (χ4v) is 1.81. The minimum absolute atomic E-state index is 0.111. The predicted molar refractivity (Wildman–Crippen MR) is 79.3 cm³/mol. The van der Waals surface area contributed by atoms with Crippen LogP contribution in [0.15, 0.2) is 18.3 Å². The summed E-state index contributed by atoms with van der Waals surface area (Å²) in [5.74, 6) is 0.234. The third kappa shape index (κ3) is 4.55. The van der Waals surface area contributed by atoms with Crippen molar-refractivity contribution in [3.8, 4) is 11.9 Å². The van der Waals surface area contributed by atoms with Crippen LogP contribution in [0.5, 0.6) is 5.88 Å². The summed E-state index contributed by atoms with van der Waals surface area (Å²) >= 11 is 0. The number of halogens is 3. The van der Waals surface area contributed by atoms with Crippen molar-refractivity contribution >= 4 is 5.82 Å². The third-order valence-electron chi connectivity index (χ3n) is 3.21. The molecule has 0 radical (unpaired) electrons. The molecule has 0 aromatic carbocycles. The van der Waals surface area contributed by atoms with Gasteiger partial charge in [-0.15, -0.1) is 5.10 Å². The van der Waals surface area contributed by atoms with Gasteiger partial charge >= 0.3 is 6.18 Å². The molecule has 0 bridgehead atoms. The second kappa shape index (κ2) is 7.12. The first-order valence-electron chi connectivity index (χ1n) is 6.92. The lowest BCUT2D eigenvalue weighted by atomic mass is 10.1. The Bertz CT molecular complexity index is 753. The van der Waals surface area contributed by atoms with Crippen molar-refractivity contribution in [2.45, 2.75) is 26.6 Å². The van der Waals surface area contributed by atoms with E-state index >= 15 is 0 Å². The van der Waals surface area contributed by atoms with E-state index in [9.17, 15) is 18.4 Å². The van der Waals surface area contributed by atoms with Gasteiger partial charge in [0.2, 0.25) is 5.88 Å². The van der Waals surface area contributed by atoms with Crippen LogP contribution < -0.4 is 10.1 Å². The maximum atomic E-state index is 12.1. The lowest BCUT2D eigenvalue weighted by Crippen LogP contribution is -2.19. The summed E-state index contributed by atoms with van der Waals surface area (Å²) in [6, 6.07) is 5.00. The van der Waals surface area contributed by atoms with E-state index < -0.39 is 12.8 Å². The lowest BCUT2D eigenvalue weighted by Gasteiger charge is -2.10. The molecule has 6 nitrogen and oxygen atoms in total. The van der Waals surface area contributed by atoms with Crippen LogP contribution in [0.25, 0.3) is 0 Å². The molecular weight excluding hydrogens is 323 g/mol. The van der Waals surface area contributed by atoms with Gasteiger partial charge in [-0.1, -0.05) is 6.07 Å². The molecule has 2 aromatic heterocycles. The maximum Gasteiger partial charge on any atom is 0.422 e. The largest absolute Gasteiger partial charge is 0.468 e. The molecule has 2 rings (SSSR count). The molecule has 0 unspecified atom stereocenters. The first-order chi connectivity index (χ1) is 11.3. The van der Waals surface area contributed by atoms with Gasteiger partial charge in [-0.25, -0.2) is 4.98 Å². The highest BCUT2D eigenvalue weighted by Crippen LogP contribution is 2.19. The van der Waals surface area contributed by atoms with Crippen molar-refractivity contribution in [1.82, 2.24) is 15.2 Å². The first-order valence-corrected chi connectivity index (χ1v) is 6.92. The van der Waals surface area contributed by atoms with Crippen molar-refractivity contribution in [2.75, 3.05) is 11.9 Å². The summed E-state index contributed by atoms with van der Waals surface area (Å²) < 4.78 is 40.7. The van der Waals surface area contributed by atoms with Crippen LogP contribution in [0.3, 0.4) is 0 Å². The number of aromatic nitrogens is 3. The Balaban J connectivity index is 2.01. The minimum Gasteiger partial charge on any atom is -0.468 e. The predicted octanol–water partition coefficient (Wildman–Crippen LogP) is 2.91. The lowest BCUT2D eigenvalue weighted by molar-refractivity contribution is -0.154. The van der Waals surface area contributed by atoms with Gasteiger partial charge in [0.05, 0.1) is 5.69 Å². The first kappa shape index (κ1) is 17.5. The molecule has 1 N–H and O–H groups in total. The number of nitrogens with one attached hydrogen (secondary N) is 1. The van der Waals surface area contributed by atoms with Gasteiger partial charge in [-0.3, -0.25) is 0 Å². The standard InChI is InChI=1S/C15H14F3N5O/c1-9-10(2)22-23-14(12(9)5-19)21-7-11-3-4-13(20-6-11)24-8-15(16,17)18/h3-4,6H,7-8H2,1-2H3,(H,21,23). The van der Waals surface area contributed by atoms with E-state index in [0.717, 1.165) is 5.56 Å². The zero-order valence-electron chi connectivity index (χ0n) is 13.0. The molecule has 0 aliphatic rings. The molecule has 0 atom stereocenters. The van der Waals surface area contributed by atoms with Crippen molar-refractivity contribution in [3.05, 3.63) is 40.7 Å². The molecule has 0 saturated carbocycles. The number of hydrogen-bond donors (Lipinski definition) is 1. The number of hydrogen-bond acceptors (Lipinski definition) is 6. The topological polar surface area (TPSA) is 83.7 Å². The SMILES string of the molecule is Cc1nnc(NCc2ccc(OCC(F)(F)F)nc2)c(C#N)c1C. The fourth-order valence-electron chi connectivity index (χ4n) is 1.81. The zero-order valence-corrected chi connectivity index (χ0v) is 13.0. The Kier molecular flexibility index (Phi) is 5.18. The van der Waals surface area contributed by atoms with Gasteiger partial charge in [0.1, 0.15) is 11.6 Å². The van der Waals surface area contributed by atoms with Crippen LogP contribution in [0.1, 0.15) is 22.4 Å². The molecule has 0 aliphatic heterocycles. The second-order valence-electron chi connectivity index (χ2n) is 5.01. The van der Waals surface area contributed by atoms with Crippen molar-refractivity contribution in [1.29, 1.82) is 5.26 Å². The van der Waals surface area contributed by atoms with Crippen LogP contribution in [0.2, 0.25) is 0 Å². The number of pyridine rings is 1. The van der Waals surface area contributed by atoms with Crippen LogP contribution in [0, 0.1) is 25.2 Å². The molecule has 2 heterocycles. The Morgan fingerprint density at radius 1 is 1.25 bits per heavy atom. The van der Waals surface area contributed by atoms with Crippen molar-refractivity contribution in [2.24, 2.45) is 0 Å². The molecule has 24 heavy (non-hydrogen) atoms. The Morgan fingerprint density at radius 3 is 2.58 bits per heavy atom. The Morgan fingerprint density at radius 2 is 2.00 bits per heavy atom. The quantitative estimate of drug-likeness (QED) is 0.903. The Labute approximate surface area is 136 Å². The normalized spacial score (nSPS) is 11.0. The smallest absolute Gasteiger partial charge is 0.422 e. The number of anilines is 1. The average molecular weight is 337 g/mol. The monoisotopic (exact) mass is 337 g/mol. The number of alkyl halides is 3. The summed E-state index contributed by atoms with van der Waals surface area (Å²) in [5, 5.41) is 20.1. The highest BCUT2D eigenvalue weighted by molar-refractivity contribution is 5.55. The van der Waals surface area contributed by atoms with Gasteiger partial charge < -0.3 is 10.1 Å². The molecule has 0 spiro atoms.